The minimum Gasteiger partial charge on any atom is -0.483 e. The molecule has 1 N–H and O–H groups in total. The minimum absolute atomic E-state index is 0.171. The highest BCUT2D eigenvalue weighted by Gasteiger charge is 2.18. The van der Waals surface area contributed by atoms with Crippen molar-refractivity contribution < 1.29 is 9.53 Å². The van der Waals surface area contributed by atoms with E-state index in [0.717, 1.165) is 5.75 Å². The molecule has 146 valence electrons. The number of rotatable bonds is 7. The van der Waals surface area contributed by atoms with Gasteiger partial charge in [0.15, 0.2) is 22.2 Å². The van der Waals surface area contributed by atoms with Crippen LogP contribution in [0, 0.1) is 6.92 Å². The molecule has 7 nitrogen and oxygen atoms in total. The average Bonchev–Trinajstić information content (AvgIpc) is 3.04. The van der Waals surface area contributed by atoms with Crippen molar-refractivity contribution in [3.05, 3.63) is 59.1 Å². The van der Waals surface area contributed by atoms with E-state index >= 15 is 0 Å². The summed E-state index contributed by atoms with van der Waals surface area (Å²) in [6.45, 7) is 3.94. The third-order valence-corrected chi connectivity index (χ3v) is 5.25. The van der Waals surface area contributed by atoms with Gasteiger partial charge in [-0.3, -0.25) is 4.79 Å². The van der Waals surface area contributed by atoms with Crippen LogP contribution in [0.3, 0.4) is 0 Å². The smallest absolute Gasteiger partial charge is 0.234 e. The second-order valence-corrected chi connectivity index (χ2v) is 7.45. The SMILES string of the molecule is Cc1ccc(OC(C)c2nnc(SCC(=O)Nc3cccnc3Cl)n2C)cc1. The fraction of sp³-hybridized carbons (Fsp3) is 0.263. The summed E-state index contributed by atoms with van der Waals surface area (Å²) in [5.41, 5.74) is 1.65. The summed E-state index contributed by atoms with van der Waals surface area (Å²) in [5, 5.41) is 12.0. The summed E-state index contributed by atoms with van der Waals surface area (Å²) >= 11 is 7.24. The summed E-state index contributed by atoms with van der Waals surface area (Å²) in [7, 11) is 1.85. The Kier molecular flexibility index (Phi) is 6.53. The Hall–Kier alpha value is -2.58. The predicted octanol–water partition coefficient (Wildman–Crippen LogP) is 4.04. The second-order valence-electron chi connectivity index (χ2n) is 6.15. The van der Waals surface area contributed by atoms with Crippen molar-refractivity contribution >= 4 is 35.0 Å². The Morgan fingerprint density at radius 1 is 1.29 bits per heavy atom. The highest BCUT2D eigenvalue weighted by molar-refractivity contribution is 7.99. The maximum atomic E-state index is 12.2. The number of carbonyl (C=O) groups excluding carboxylic acids is 1. The van der Waals surface area contributed by atoms with E-state index in [9.17, 15) is 4.79 Å². The summed E-state index contributed by atoms with van der Waals surface area (Å²) in [6.07, 6.45) is 1.28. The first-order valence-electron chi connectivity index (χ1n) is 8.60. The number of amides is 1. The van der Waals surface area contributed by atoms with Crippen molar-refractivity contribution in [2.24, 2.45) is 7.05 Å². The van der Waals surface area contributed by atoms with Crippen LogP contribution in [0.1, 0.15) is 24.4 Å². The van der Waals surface area contributed by atoms with Gasteiger partial charge in [-0.1, -0.05) is 41.1 Å². The van der Waals surface area contributed by atoms with Gasteiger partial charge in [-0.05, 0) is 38.1 Å². The molecule has 0 aliphatic rings. The van der Waals surface area contributed by atoms with E-state index in [1.807, 2.05) is 49.7 Å². The molecular formula is C19H20ClN5O2S. The number of ether oxygens (including phenoxy) is 1. The van der Waals surface area contributed by atoms with Crippen molar-refractivity contribution in [1.82, 2.24) is 19.7 Å². The quantitative estimate of drug-likeness (QED) is 0.461. The Bertz CT molecular complexity index is 961. The Labute approximate surface area is 172 Å². The average molecular weight is 418 g/mol. The second kappa shape index (κ2) is 9.07. The number of anilines is 1. The molecule has 0 saturated heterocycles. The van der Waals surface area contributed by atoms with Crippen LogP contribution in [-0.2, 0) is 11.8 Å². The number of benzene rings is 1. The Morgan fingerprint density at radius 3 is 2.75 bits per heavy atom. The van der Waals surface area contributed by atoms with Gasteiger partial charge in [0.25, 0.3) is 0 Å². The van der Waals surface area contributed by atoms with Crippen LogP contribution in [0.25, 0.3) is 0 Å². The van der Waals surface area contributed by atoms with Crippen LogP contribution in [0.15, 0.2) is 47.8 Å². The van der Waals surface area contributed by atoms with Crippen molar-refractivity contribution in [1.29, 1.82) is 0 Å². The molecule has 0 radical (unpaired) electrons. The molecular weight excluding hydrogens is 398 g/mol. The van der Waals surface area contributed by atoms with Gasteiger partial charge >= 0.3 is 0 Å². The number of carbonyl (C=O) groups is 1. The van der Waals surface area contributed by atoms with Gasteiger partial charge in [-0.15, -0.1) is 10.2 Å². The van der Waals surface area contributed by atoms with Gasteiger partial charge in [-0.2, -0.15) is 0 Å². The monoisotopic (exact) mass is 417 g/mol. The van der Waals surface area contributed by atoms with E-state index in [1.54, 1.807) is 18.3 Å². The van der Waals surface area contributed by atoms with Gasteiger partial charge in [0.1, 0.15) is 5.75 Å². The van der Waals surface area contributed by atoms with Crippen LogP contribution in [-0.4, -0.2) is 31.4 Å². The molecule has 0 aliphatic heterocycles. The highest BCUT2D eigenvalue weighted by atomic mass is 35.5. The first-order valence-corrected chi connectivity index (χ1v) is 9.96. The largest absolute Gasteiger partial charge is 0.483 e. The van der Waals surface area contributed by atoms with Gasteiger partial charge in [-0.25, -0.2) is 4.98 Å². The van der Waals surface area contributed by atoms with Crippen molar-refractivity contribution in [2.45, 2.75) is 25.1 Å². The van der Waals surface area contributed by atoms with Crippen LogP contribution in [0.4, 0.5) is 5.69 Å². The van der Waals surface area contributed by atoms with E-state index in [0.29, 0.717) is 16.7 Å². The van der Waals surface area contributed by atoms with Crippen LogP contribution in [0.2, 0.25) is 5.15 Å². The van der Waals surface area contributed by atoms with Crippen LogP contribution in [0.5, 0.6) is 5.75 Å². The summed E-state index contributed by atoms with van der Waals surface area (Å²) in [5.74, 6) is 1.42. The van der Waals surface area contributed by atoms with Crippen molar-refractivity contribution in [2.75, 3.05) is 11.1 Å². The zero-order valence-corrected chi connectivity index (χ0v) is 17.3. The van der Waals surface area contributed by atoms with Crippen molar-refractivity contribution in [3.8, 4) is 5.75 Å². The highest BCUT2D eigenvalue weighted by Crippen LogP contribution is 2.24. The standard InChI is InChI=1S/C19H20ClN5O2S/c1-12-6-8-14(9-7-12)27-13(2)18-23-24-19(25(18)3)28-11-16(26)22-15-5-4-10-21-17(15)20/h4-10,13H,11H2,1-3H3,(H,22,26). The van der Waals surface area contributed by atoms with Crippen LogP contribution >= 0.6 is 23.4 Å². The fourth-order valence-electron chi connectivity index (χ4n) is 2.48. The van der Waals surface area contributed by atoms with Gasteiger partial charge < -0.3 is 14.6 Å². The van der Waals surface area contributed by atoms with Gasteiger partial charge in [0, 0.05) is 13.2 Å². The molecule has 3 rings (SSSR count). The summed E-state index contributed by atoms with van der Waals surface area (Å²) in [6, 6.07) is 11.2. The molecule has 1 atom stereocenters. The van der Waals surface area contributed by atoms with E-state index in [2.05, 4.69) is 20.5 Å². The lowest BCUT2D eigenvalue weighted by Gasteiger charge is -2.14. The Balaban J connectivity index is 1.58. The maximum absolute atomic E-state index is 12.2. The molecule has 1 aromatic carbocycles. The molecule has 1 unspecified atom stereocenters. The summed E-state index contributed by atoms with van der Waals surface area (Å²) in [4.78, 5) is 16.1. The first-order chi connectivity index (χ1) is 13.4. The third kappa shape index (κ3) is 5.02. The molecule has 28 heavy (non-hydrogen) atoms. The molecule has 0 fully saturated rings. The number of aromatic nitrogens is 4. The summed E-state index contributed by atoms with van der Waals surface area (Å²) < 4.78 is 7.76. The zero-order chi connectivity index (χ0) is 20.1. The lowest BCUT2D eigenvalue weighted by atomic mass is 10.2. The van der Waals surface area contributed by atoms with E-state index in [4.69, 9.17) is 16.3 Å². The first kappa shape index (κ1) is 20.2. The number of nitrogens with zero attached hydrogens (tertiary/aromatic N) is 4. The number of pyridine rings is 1. The molecule has 0 spiro atoms. The molecule has 0 aliphatic carbocycles. The molecule has 2 heterocycles. The Morgan fingerprint density at radius 2 is 2.04 bits per heavy atom. The molecule has 0 saturated carbocycles. The predicted molar refractivity (Wildman–Crippen MR) is 110 cm³/mol. The zero-order valence-electron chi connectivity index (χ0n) is 15.7. The number of nitrogens with one attached hydrogen (secondary N) is 1. The van der Waals surface area contributed by atoms with Gasteiger partial charge in [0.05, 0.1) is 11.4 Å². The normalized spacial score (nSPS) is 11.9. The van der Waals surface area contributed by atoms with E-state index in [1.165, 1.54) is 17.3 Å². The number of hydrogen-bond donors (Lipinski definition) is 1. The van der Waals surface area contributed by atoms with E-state index < -0.39 is 0 Å². The number of halogens is 1. The fourth-order valence-corrected chi connectivity index (χ4v) is 3.36. The molecule has 2 aromatic heterocycles. The lowest BCUT2D eigenvalue weighted by Crippen LogP contribution is -2.15. The van der Waals surface area contributed by atoms with E-state index in [-0.39, 0.29) is 22.9 Å². The molecule has 9 heteroatoms. The number of thioether (sulfide) groups is 1. The molecule has 1 amide bonds. The number of aryl methyl sites for hydroxylation is 1. The molecule has 0 bridgehead atoms. The lowest BCUT2D eigenvalue weighted by molar-refractivity contribution is -0.113. The maximum Gasteiger partial charge on any atom is 0.234 e. The van der Waals surface area contributed by atoms with Crippen LogP contribution < -0.4 is 10.1 Å². The molecule has 3 aromatic rings. The minimum atomic E-state index is -0.280. The number of hydrogen-bond acceptors (Lipinski definition) is 6. The van der Waals surface area contributed by atoms with Gasteiger partial charge in [0.2, 0.25) is 5.91 Å². The van der Waals surface area contributed by atoms with Crippen molar-refractivity contribution in [3.63, 3.8) is 0 Å². The topological polar surface area (TPSA) is 81.9 Å². The third-order valence-electron chi connectivity index (χ3n) is 3.93.